The van der Waals surface area contributed by atoms with E-state index >= 15 is 0 Å². The van der Waals surface area contributed by atoms with Gasteiger partial charge in [0, 0.05) is 19.7 Å². The number of halogens is 1. The standard InChI is InChI=1S/C11H17FN2O3S/c1-2-17-6-5-14-18(15,16)11-7-9(8-13)3-4-10(11)12/h3-4,7,14H,2,5-6,8,13H2,1H3. The molecule has 0 aromatic heterocycles. The predicted octanol–water partition coefficient (Wildman–Crippen LogP) is 0.599. The molecule has 7 heteroatoms. The molecule has 0 saturated heterocycles. The minimum atomic E-state index is -3.86. The third-order valence-electron chi connectivity index (χ3n) is 2.26. The molecule has 0 amide bonds. The van der Waals surface area contributed by atoms with E-state index in [-0.39, 0.29) is 24.6 Å². The molecule has 0 radical (unpaired) electrons. The van der Waals surface area contributed by atoms with Crippen molar-refractivity contribution in [3.05, 3.63) is 29.6 Å². The molecule has 5 nitrogen and oxygen atoms in total. The van der Waals surface area contributed by atoms with Crippen molar-refractivity contribution in [2.24, 2.45) is 5.73 Å². The highest BCUT2D eigenvalue weighted by atomic mass is 32.2. The van der Waals surface area contributed by atoms with Gasteiger partial charge in [-0.15, -0.1) is 0 Å². The Morgan fingerprint density at radius 1 is 1.44 bits per heavy atom. The molecule has 102 valence electrons. The Labute approximate surface area is 106 Å². The molecule has 0 atom stereocenters. The quantitative estimate of drug-likeness (QED) is 0.715. The van der Waals surface area contributed by atoms with Crippen molar-refractivity contribution in [2.45, 2.75) is 18.4 Å². The normalized spacial score (nSPS) is 11.7. The van der Waals surface area contributed by atoms with Crippen molar-refractivity contribution >= 4 is 10.0 Å². The maximum absolute atomic E-state index is 13.5. The monoisotopic (exact) mass is 276 g/mol. The van der Waals surface area contributed by atoms with Crippen molar-refractivity contribution in [1.29, 1.82) is 0 Å². The van der Waals surface area contributed by atoms with Crippen LogP contribution in [-0.2, 0) is 21.3 Å². The van der Waals surface area contributed by atoms with E-state index in [2.05, 4.69) is 4.72 Å². The summed E-state index contributed by atoms with van der Waals surface area (Å²) in [7, 11) is -3.86. The van der Waals surface area contributed by atoms with Crippen LogP contribution < -0.4 is 10.5 Å². The Balaban J connectivity index is 2.83. The van der Waals surface area contributed by atoms with Crippen molar-refractivity contribution < 1.29 is 17.5 Å². The molecule has 0 spiro atoms. The molecule has 0 unspecified atom stereocenters. The number of nitrogens with one attached hydrogen (secondary N) is 1. The van der Waals surface area contributed by atoms with Gasteiger partial charge < -0.3 is 10.5 Å². The average Bonchev–Trinajstić information content (AvgIpc) is 2.35. The molecule has 1 rings (SSSR count). The Hall–Kier alpha value is -1.02. The second kappa shape index (κ2) is 6.79. The SMILES string of the molecule is CCOCCNS(=O)(=O)c1cc(CN)ccc1F. The summed E-state index contributed by atoms with van der Waals surface area (Å²) < 4.78 is 44.4. The van der Waals surface area contributed by atoms with Crippen molar-refractivity contribution in [3.8, 4) is 0 Å². The Morgan fingerprint density at radius 2 is 2.17 bits per heavy atom. The summed E-state index contributed by atoms with van der Waals surface area (Å²) in [4.78, 5) is -0.387. The highest BCUT2D eigenvalue weighted by Gasteiger charge is 2.18. The highest BCUT2D eigenvalue weighted by Crippen LogP contribution is 2.15. The second-order valence-corrected chi connectivity index (χ2v) is 5.30. The first-order chi connectivity index (χ1) is 8.51. The van der Waals surface area contributed by atoms with E-state index in [1.807, 2.05) is 0 Å². The lowest BCUT2D eigenvalue weighted by Gasteiger charge is -2.09. The van der Waals surface area contributed by atoms with E-state index in [4.69, 9.17) is 10.5 Å². The average molecular weight is 276 g/mol. The zero-order valence-electron chi connectivity index (χ0n) is 10.1. The van der Waals surface area contributed by atoms with Gasteiger partial charge in [-0.05, 0) is 24.6 Å². The number of nitrogens with two attached hydrogens (primary N) is 1. The summed E-state index contributed by atoms with van der Waals surface area (Å²) >= 11 is 0. The number of ether oxygens (including phenoxy) is 1. The first-order valence-corrected chi connectivity index (χ1v) is 7.05. The molecule has 0 heterocycles. The maximum Gasteiger partial charge on any atom is 0.243 e. The van der Waals surface area contributed by atoms with Gasteiger partial charge in [-0.25, -0.2) is 17.5 Å². The predicted molar refractivity (Wildman–Crippen MR) is 66.0 cm³/mol. The number of sulfonamides is 1. The third kappa shape index (κ3) is 4.02. The minimum Gasteiger partial charge on any atom is -0.380 e. The fourth-order valence-electron chi connectivity index (χ4n) is 1.35. The molecule has 0 saturated carbocycles. The van der Waals surface area contributed by atoms with Gasteiger partial charge in [0.1, 0.15) is 10.7 Å². The van der Waals surface area contributed by atoms with Crippen LogP contribution in [0.15, 0.2) is 23.1 Å². The molecule has 0 bridgehead atoms. The largest absolute Gasteiger partial charge is 0.380 e. The number of benzene rings is 1. The van der Waals surface area contributed by atoms with Crippen molar-refractivity contribution in [3.63, 3.8) is 0 Å². The van der Waals surface area contributed by atoms with E-state index in [0.717, 1.165) is 6.07 Å². The second-order valence-electron chi connectivity index (χ2n) is 3.56. The molecule has 0 aliphatic carbocycles. The molecular formula is C11H17FN2O3S. The van der Waals surface area contributed by atoms with E-state index in [1.54, 1.807) is 6.92 Å². The molecule has 0 aliphatic heterocycles. The van der Waals surface area contributed by atoms with Crippen LogP contribution in [0.4, 0.5) is 4.39 Å². The van der Waals surface area contributed by atoms with E-state index < -0.39 is 15.8 Å². The van der Waals surface area contributed by atoms with Gasteiger partial charge in [0.05, 0.1) is 6.61 Å². The zero-order valence-corrected chi connectivity index (χ0v) is 11.0. The summed E-state index contributed by atoms with van der Waals surface area (Å²) in [6.45, 7) is 2.80. The van der Waals surface area contributed by atoms with Gasteiger partial charge in [-0.2, -0.15) is 0 Å². The van der Waals surface area contributed by atoms with Crippen LogP contribution in [0.3, 0.4) is 0 Å². The summed E-state index contributed by atoms with van der Waals surface area (Å²) in [5, 5.41) is 0. The van der Waals surface area contributed by atoms with Gasteiger partial charge in [0.2, 0.25) is 10.0 Å². The maximum atomic E-state index is 13.5. The van der Waals surface area contributed by atoms with Crippen molar-refractivity contribution in [1.82, 2.24) is 4.72 Å². The summed E-state index contributed by atoms with van der Waals surface area (Å²) in [6, 6.07) is 3.78. The van der Waals surface area contributed by atoms with Gasteiger partial charge >= 0.3 is 0 Å². The smallest absolute Gasteiger partial charge is 0.243 e. The third-order valence-corrected chi connectivity index (χ3v) is 3.74. The highest BCUT2D eigenvalue weighted by molar-refractivity contribution is 7.89. The number of rotatable bonds is 7. The lowest BCUT2D eigenvalue weighted by molar-refractivity contribution is 0.153. The number of hydrogen-bond donors (Lipinski definition) is 2. The minimum absolute atomic E-state index is 0.0997. The Kier molecular flexibility index (Phi) is 5.67. The van der Waals surface area contributed by atoms with E-state index in [1.165, 1.54) is 12.1 Å². The molecule has 0 fully saturated rings. The molecule has 18 heavy (non-hydrogen) atoms. The first-order valence-electron chi connectivity index (χ1n) is 5.57. The molecule has 3 N–H and O–H groups in total. The van der Waals surface area contributed by atoms with Gasteiger partial charge in [-0.1, -0.05) is 6.07 Å². The van der Waals surface area contributed by atoms with Crippen LogP contribution in [0, 0.1) is 5.82 Å². The topological polar surface area (TPSA) is 81.4 Å². The zero-order chi connectivity index (χ0) is 13.6. The van der Waals surface area contributed by atoms with Crippen LogP contribution in [0.1, 0.15) is 12.5 Å². The summed E-state index contributed by atoms with van der Waals surface area (Å²) in [5.74, 6) is -0.795. The Bertz CT molecular complexity index is 491. The summed E-state index contributed by atoms with van der Waals surface area (Å²) in [5.41, 5.74) is 5.95. The van der Waals surface area contributed by atoms with E-state index in [0.29, 0.717) is 12.2 Å². The van der Waals surface area contributed by atoms with Crippen LogP contribution >= 0.6 is 0 Å². The fourth-order valence-corrected chi connectivity index (χ4v) is 2.49. The lowest BCUT2D eigenvalue weighted by Crippen LogP contribution is -2.28. The Morgan fingerprint density at radius 3 is 2.78 bits per heavy atom. The van der Waals surface area contributed by atoms with Gasteiger partial charge in [0.25, 0.3) is 0 Å². The van der Waals surface area contributed by atoms with Crippen LogP contribution in [0.25, 0.3) is 0 Å². The van der Waals surface area contributed by atoms with Crippen LogP contribution in [0.2, 0.25) is 0 Å². The molecule has 0 aliphatic rings. The number of hydrogen-bond acceptors (Lipinski definition) is 4. The lowest BCUT2D eigenvalue weighted by atomic mass is 10.2. The molecule has 1 aromatic rings. The van der Waals surface area contributed by atoms with E-state index in [9.17, 15) is 12.8 Å². The van der Waals surface area contributed by atoms with Gasteiger partial charge in [0.15, 0.2) is 0 Å². The first kappa shape index (κ1) is 15.0. The molecular weight excluding hydrogens is 259 g/mol. The van der Waals surface area contributed by atoms with Crippen LogP contribution in [-0.4, -0.2) is 28.2 Å². The summed E-state index contributed by atoms with van der Waals surface area (Å²) in [6.07, 6.45) is 0. The fraction of sp³-hybridized carbons (Fsp3) is 0.455. The van der Waals surface area contributed by atoms with Gasteiger partial charge in [-0.3, -0.25) is 0 Å². The van der Waals surface area contributed by atoms with Crippen molar-refractivity contribution in [2.75, 3.05) is 19.8 Å². The van der Waals surface area contributed by atoms with Crippen LogP contribution in [0.5, 0.6) is 0 Å². The molecule has 1 aromatic carbocycles.